The van der Waals surface area contributed by atoms with Crippen LogP contribution in [0, 0.1) is 0 Å². The Hall–Kier alpha value is -1.39. The number of halogens is 2. The fourth-order valence-electron chi connectivity index (χ4n) is 1.56. The summed E-state index contributed by atoms with van der Waals surface area (Å²) in [6, 6.07) is 2.38. The maximum Gasteiger partial charge on any atom is 0.352 e. The summed E-state index contributed by atoms with van der Waals surface area (Å²) >= 11 is 0. The number of hydrogen-bond acceptors (Lipinski definition) is 1. The molecular formula is C9H9F2NO2. The van der Waals surface area contributed by atoms with Gasteiger partial charge in [-0.15, -0.1) is 0 Å². The molecule has 5 heteroatoms. The number of carboxylic acids is 1. The molecule has 1 aromatic heterocycles. The Morgan fingerprint density at radius 2 is 2.14 bits per heavy atom. The highest BCUT2D eigenvalue weighted by atomic mass is 19.3. The molecule has 0 radical (unpaired) electrons. The Labute approximate surface area is 79.0 Å². The summed E-state index contributed by atoms with van der Waals surface area (Å²) in [6.45, 7) is 0. The predicted octanol–water partition coefficient (Wildman–Crippen LogP) is 2.46. The zero-order chi connectivity index (χ0) is 10.3. The molecule has 1 aromatic rings. The van der Waals surface area contributed by atoms with Crippen LogP contribution in [-0.2, 0) is 0 Å². The summed E-state index contributed by atoms with van der Waals surface area (Å²) in [6.07, 6.45) is -1.03. The zero-order valence-corrected chi connectivity index (χ0v) is 7.28. The van der Waals surface area contributed by atoms with Crippen LogP contribution >= 0.6 is 0 Å². The van der Waals surface area contributed by atoms with Crippen molar-refractivity contribution >= 4 is 5.97 Å². The highest BCUT2D eigenvalue weighted by Gasteiger charge is 2.31. The van der Waals surface area contributed by atoms with Crippen molar-refractivity contribution in [1.82, 2.24) is 4.57 Å². The number of rotatable bonds is 3. The average molecular weight is 201 g/mol. The third-order valence-corrected chi connectivity index (χ3v) is 2.30. The van der Waals surface area contributed by atoms with E-state index < -0.39 is 12.4 Å². The topological polar surface area (TPSA) is 42.2 Å². The molecule has 0 atom stereocenters. The zero-order valence-electron chi connectivity index (χ0n) is 7.28. The van der Waals surface area contributed by atoms with Gasteiger partial charge in [0.05, 0.1) is 5.69 Å². The number of hydrogen-bond donors (Lipinski definition) is 1. The van der Waals surface area contributed by atoms with Crippen LogP contribution in [0.2, 0.25) is 0 Å². The van der Waals surface area contributed by atoms with Gasteiger partial charge in [-0.2, -0.15) is 0 Å². The lowest BCUT2D eigenvalue weighted by molar-refractivity contribution is 0.0682. The molecule has 1 saturated carbocycles. The van der Waals surface area contributed by atoms with Crippen LogP contribution in [0.15, 0.2) is 12.1 Å². The van der Waals surface area contributed by atoms with E-state index in [1.165, 1.54) is 16.7 Å². The normalized spacial score (nSPS) is 16.2. The maximum absolute atomic E-state index is 12.5. The molecule has 0 spiro atoms. The molecule has 76 valence electrons. The van der Waals surface area contributed by atoms with Crippen LogP contribution in [0.1, 0.15) is 41.5 Å². The molecule has 0 bridgehead atoms. The molecule has 1 aliphatic rings. The van der Waals surface area contributed by atoms with Crippen molar-refractivity contribution in [3.8, 4) is 0 Å². The van der Waals surface area contributed by atoms with Gasteiger partial charge >= 0.3 is 5.97 Å². The number of aromatic nitrogens is 1. The van der Waals surface area contributed by atoms with Gasteiger partial charge in [-0.3, -0.25) is 0 Å². The van der Waals surface area contributed by atoms with Crippen LogP contribution in [0.5, 0.6) is 0 Å². The summed E-state index contributed by atoms with van der Waals surface area (Å²) in [5, 5.41) is 8.77. The van der Waals surface area contributed by atoms with Crippen molar-refractivity contribution in [2.45, 2.75) is 25.3 Å². The monoisotopic (exact) mass is 201 g/mol. The quantitative estimate of drug-likeness (QED) is 0.816. The van der Waals surface area contributed by atoms with Gasteiger partial charge in [0, 0.05) is 6.04 Å². The first-order valence-corrected chi connectivity index (χ1v) is 4.34. The second-order valence-electron chi connectivity index (χ2n) is 3.35. The van der Waals surface area contributed by atoms with E-state index in [-0.39, 0.29) is 17.4 Å². The Kier molecular flexibility index (Phi) is 2.02. The van der Waals surface area contributed by atoms with E-state index in [1.807, 2.05) is 0 Å². The fourth-order valence-corrected chi connectivity index (χ4v) is 1.56. The minimum absolute atomic E-state index is 0.0391. The van der Waals surface area contributed by atoms with E-state index in [1.54, 1.807) is 0 Å². The van der Waals surface area contributed by atoms with Crippen LogP contribution < -0.4 is 0 Å². The highest BCUT2D eigenvalue weighted by molar-refractivity contribution is 5.86. The number of nitrogens with zero attached hydrogens (tertiary/aromatic N) is 1. The molecule has 0 unspecified atom stereocenters. The minimum atomic E-state index is -2.61. The van der Waals surface area contributed by atoms with E-state index in [0.717, 1.165) is 12.8 Å². The molecule has 3 nitrogen and oxygen atoms in total. The molecule has 0 saturated heterocycles. The average Bonchev–Trinajstić information content (AvgIpc) is 2.83. The van der Waals surface area contributed by atoms with Crippen LogP contribution in [0.25, 0.3) is 0 Å². The molecule has 1 aliphatic carbocycles. The Morgan fingerprint density at radius 3 is 2.57 bits per heavy atom. The summed E-state index contributed by atoms with van der Waals surface area (Å²) in [4.78, 5) is 10.7. The third-order valence-electron chi connectivity index (χ3n) is 2.30. The van der Waals surface area contributed by atoms with E-state index in [9.17, 15) is 13.6 Å². The highest BCUT2D eigenvalue weighted by Crippen LogP contribution is 2.39. The van der Waals surface area contributed by atoms with Gasteiger partial charge in [0.1, 0.15) is 5.69 Å². The lowest BCUT2D eigenvalue weighted by Crippen LogP contribution is -2.09. The first-order chi connectivity index (χ1) is 6.61. The predicted molar refractivity (Wildman–Crippen MR) is 44.6 cm³/mol. The van der Waals surface area contributed by atoms with Gasteiger partial charge < -0.3 is 9.67 Å². The van der Waals surface area contributed by atoms with Crippen LogP contribution in [0.4, 0.5) is 8.78 Å². The van der Waals surface area contributed by atoms with Gasteiger partial charge in [-0.05, 0) is 25.0 Å². The molecule has 0 amide bonds. The maximum atomic E-state index is 12.5. The second-order valence-corrected chi connectivity index (χ2v) is 3.35. The van der Waals surface area contributed by atoms with Crippen molar-refractivity contribution in [3.63, 3.8) is 0 Å². The Balaban J connectivity index is 2.46. The number of carbonyl (C=O) groups is 1. The van der Waals surface area contributed by atoms with Gasteiger partial charge in [0.15, 0.2) is 0 Å². The van der Waals surface area contributed by atoms with Gasteiger partial charge in [-0.25, -0.2) is 13.6 Å². The fraction of sp³-hybridized carbons (Fsp3) is 0.444. The molecule has 0 aliphatic heterocycles. The molecule has 0 aromatic carbocycles. The molecular weight excluding hydrogens is 192 g/mol. The van der Waals surface area contributed by atoms with Crippen LogP contribution in [-0.4, -0.2) is 15.6 Å². The summed E-state index contributed by atoms with van der Waals surface area (Å²) < 4.78 is 26.2. The van der Waals surface area contributed by atoms with Crippen molar-refractivity contribution in [2.75, 3.05) is 0 Å². The lowest BCUT2D eigenvalue weighted by atomic mass is 10.4. The Bertz CT molecular complexity index is 369. The van der Waals surface area contributed by atoms with Gasteiger partial charge in [0.2, 0.25) is 0 Å². The minimum Gasteiger partial charge on any atom is -0.477 e. The number of aromatic carboxylic acids is 1. The molecule has 1 heterocycles. The summed E-state index contributed by atoms with van der Waals surface area (Å²) in [5.74, 6) is -1.15. The van der Waals surface area contributed by atoms with Gasteiger partial charge in [-0.1, -0.05) is 0 Å². The first kappa shape index (κ1) is 9.18. The third kappa shape index (κ3) is 1.38. The van der Waals surface area contributed by atoms with Gasteiger partial charge in [0.25, 0.3) is 6.43 Å². The van der Waals surface area contributed by atoms with E-state index in [4.69, 9.17) is 5.11 Å². The lowest BCUT2D eigenvalue weighted by Gasteiger charge is -2.08. The standard InChI is InChI=1S/C9H9F2NO2/c10-8(11)6-3-4-7(9(13)14)12(6)5-1-2-5/h3-5,8H,1-2H2,(H,13,14). The van der Waals surface area contributed by atoms with E-state index in [0.29, 0.717) is 0 Å². The first-order valence-electron chi connectivity index (χ1n) is 4.34. The molecule has 1 N–H and O–H groups in total. The largest absolute Gasteiger partial charge is 0.477 e. The second kappa shape index (κ2) is 3.08. The smallest absolute Gasteiger partial charge is 0.352 e. The Morgan fingerprint density at radius 1 is 1.50 bits per heavy atom. The number of carboxylic acid groups (broad SMARTS) is 1. The molecule has 14 heavy (non-hydrogen) atoms. The SMILES string of the molecule is O=C(O)c1ccc(C(F)F)n1C1CC1. The van der Waals surface area contributed by atoms with E-state index in [2.05, 4.69) is 0 Å². The van der Waals surface area contributed by atoms with E-state index >= 15 is 0 Å². The van der Waals surface area contributed by atoms with Crippen LogP contribution in [0.3, 0.4) is 0 Å². The van der Waals surface area contributed by atoms with Crippen molar-refractivity contribution in [1.29, 1.82) is 0 Å². The molecule has 2 rings (SSSR count). The van der Waals surface area contributed by atoms with Crippen molar-refractivity contribution < 1.29 is 18.7 Å². The van der Waals surface area contributed by atoms with Crippen molar-refractivity contribution in [3.05, 3.63) is 23.5 Å². The van der Waals surface area contributed by atoms with Crippen molar-refractivity contribution in [2.24, 2.45) is 0 Å². The summed E-state index contributed by atoms with van der Waals surface area (Å²) in [5.41, 5.74) is -0.229. The summed E-state index contributed by atoms with van der Waals surface area (Å²) in [7, 11) is 0. The number of alkyl halides is 2. The molecule has 1 fully saturated rings.